The number of hydrogen-bond donors (Lipinski definition) is 1. The van der Waals surface area contributed by atoms with E-state index in [0.29, 0.717) is 13.1 Å². The molecule has 1 aliphatic rings. The van der Waals surface area contributed by atoms with Crippen LogP contribution in [-0.4, -0.2) is 37.3 Å². The molecule has 3 rings (SSSR count). The zero-order valence-corrected chi connectivity index (χ0v) is 12.0. The molecule has 0 atom stereocenters. The van der Waals surface area contributed by atoms with E-state index in [4.69, 9.17) is 5.11 Å². The van der Waals surface area contributed by atoms with Gasteiger partial charge >= 0.3 is 12.1 Å². The Morgan fingerprint density at radius 3 is 2.77 bits per heavy atom. The van der Waals surface area contributed by atoms with Crippen LogP contribution in [0, 0.1) is 0 Å². The van der Waals surface area contributed by atoms with Gasteiger partial charge < -0.3 is 9.67 Å². The first kappa shape index (κ1) is 15.0. The molecule has 0 radical (unpaired) electrons. The van der Waals surface area contributed by atoms with Gasteiger partial charge in [-0.1, -0.05) is 0 Å². The third kappa shape index (κ3) is 2.83. The SMILES string of the molecule is O=C(O)c1cc(CN2CCn3c(nnc3C(F)(F)F)C2)cs1. The van der Waals surface area contributed by atoms with Crippen LogP contribution in [0.3, 0.4) is 0 Å². The third-order valence-corrected chi connectivity index (χ3v) is 4.32. The Labute approximate surface area is 126 Å². The van der Waals surface area contributed by atoms with Crippen molar-refractivity contribution in [2.45, 2.75) is 25.8 Å². The molecule has 6 nitrogen and oxygen atoms in total. The second-order valence-corrected chi connectivity index (χ2v) is 5.84. The van der Waals surface area contributed by atoms with Gasteiger partial charge in [-0.2, -0.15) is 13.2 Å². The molecular formula is C12H11F3N4O2S. The van der Waals surface area contributed by atoms with Crippen molar-refractivity contribution in [3.8, 4) is 0 Å². The van der Waals surface area contributed by atoms with E-state index in [1.54, 1.807) is 11.4 Å². The highest BCUT2D eigenvalue weighted by Gasteiger charge is 2.39. The zero-order valence-electron chi connectivity index (χ0n) is 11.2. The molecule has 0 fully saturated rings. The van der Waals surface area contributed by atoms with Crippen molar-refractivity contribution in [3.63, 3.8) is 0 Å². The molecule has 2 aromatic heterocycles. The summed E-state index contributed by atoms with van der Waals surface area (Å²) in [6.07, 6.45) is -4.50. The van der Waals surface area contributed by atoms with E-state index in [2.05, 4.69) is 10.2 Å². The molecule has 0 spiro atoms. The van der Waals surface area contributed by atoms with Crippen LogP contribution in [0.25, 0.3) is 0 Å². The maximum atomic E-state index is 12.7. The first-order valence-corrected chi connectivity index (χ1v) is 7.25. The average Bonchev–Trinajstić information content (AvgIpc) is 3.03. The Balaban J connectivity index is 1.72. The largest absolute Gasteiger partial charge is 0.477 e. The normalized spacial score (nSPS) is 15.8. The fourth-order valence-electron chi connectivity index (χ4n) is 2.38. The van der Waals surface area contributed by atoms with Crippen LogP contribution in [0.1, 0.15) is 26.9 Å². The summed E-state index contributed by atoms with van der Waals surface area (Å²) in [7, 11) is 0. The van der Waals surface area contributed by atoms with Crippen LogP contribution in [0.15, 0.2) is 11.4 Å². The predicted octanol–water partition coefficient (Wildman–Crippen LogP) is 2.07. The van der Waals surface area contributed by atoms with Crippen molar-refractivity contribution >= 4 is 17.3 Å². The van der Waals surface area contributed by atoms with Crippen LogP contribution < -0.4 is 0 Å². The maximum Gasteiger partial charge on any atom is 0.451 e. The lowest BCUT2D eigenvalue weighted by atomic mass is 10.2. The summed E-state index contributed by atoms with van der Waals surface area (Å²) in [4.78, 5) is 13.0. The Morgan fingerprint density at radius 2 is 2.14 bits per heavy atom. The zero-order chi connectivity index (χ0) is 15.9. The number of carboxylic acids is 1. The van der Waals surface area contributed by atoms with Crippen LogP contribution in [-0.2, 0) is 25.8 Å². The van der Waals surface area contributed by atoms with E-state index in [1.165, 1.54) is 0 Å². The second-order valence-electron chi connectivity index (χ2n) is 4.92. The number of aromatic nitrogens is 3. The van der Waals surface area contributed by atoms with E-state index < -0.39 is 18.0 Å². The van der Waals surface area contributed by atoms with Crippen LogP contribution >= 0.6 is 11.3 Å². The molecule has 10 heteroatoms. The first-order valence-electron chi connectivity index (χ1n) is 6.37. The van der Waals surface area contributed by atoms with E-state index in [9.17, 15) is 18.0 Å². The molecule has 0 saturated carbocycles. The molecule has 118 valence electrons. The monoisotopic (exact) mass is 332 g/mol. The summed E-state index contributed by atoms with van der Waals surface area (Å²) in [6, 6.07) is 1.58. The number of thiophene rings is 1. The highest BCUT2D eigenvalue weighted by Crippen LogP contribution is 2.29. The number of alkyl halides is 3. The van der Waals surface area contributed by atoms with E-state index in [0.717, 1.165) is 21.5 Å². The lowest BCUT2D eigenvalue weighted by Gasteiger charge is -2.27. The van der Waals surface area contributed by atoms with Gasteiger partial charge in [0, 0.05) is 19.6 Å². The molecule has 1 N–H and O–H groups in total. The lowest BCUT2D eigenvalue weighted by Crippen LogP contribution is -2.34. The fraction of sp³-hybridized carbons (Fsp3) is 0.417. The smallest absolute Gasteiger partial charge is 0.451 e. The maximum absolute atomic E-state index is 12.7. The number of carboxylic acid groups (broad SMARTS) is 1. The van der Waals surface area contributed by atoms with Gasteiger partial charge in [0.2, 0.25) is 5.82 Å². The van der Waals surface area contributed by atoms with Gasteiger partial charge in [0.05, 0.1) is 6.54 Å². The van der Waals surface area contributed by atoms with Gasteiger partial charge in [-0.25, -0.2) is 4.79 Å². The Kier molecular flexibility index (Phi) is 3.65. The molecule has 0 saturated heterocycles. The Hall–Kier alpha value is -1.94. The first-order chi connectivity index (χ1) is 10.3. The van der Waals surface area contributed by atoms with Crippen molar-refractivity contribution in [2.75, 3.05) is 6.54 Å². The number of aromatic carboxylic acids is 1. The molecular weight excluding hydrogens is 321 g/mol. The molecule has 0 aliphatic carbocycles. The van der Waals surface area contributed by atoms with Gasteiger partial charge in [-0.15, -0.1) is 21.5 Å². The lowest BCUT2D eigenvalue weighted by molar-refractivity contribution is -0.148. The Bertz CT molecular complexity index is 710. The number of carbonyl (C=O) groups is 1. The molecule has 22 heavy (non-hydrogen) atoms. The summed E-state index contributed by atoms with van der Waals surface area (Å²) < 4.78 is 39.3. The van der Waals surface area contributed by atoms with Crippen molar-refractivity contribution in [1.82, 2.24) is 19.7 Å². The molecule has 0 unspecified atom stereocenters. The molecule has 2 aromatic rings. The van der Waals surface area contributed by atoms with Crippen LogP contribution in [0.2, 0.25) is 0 Å². The van der Waals surface area contributed by atoms with E-state index >= 15 is 0 Å². The van der Waals surface area contributed by atoms with Crippen molar-refractivity contribution in [3.05, 3.63) is 33.5 Å². The number of nitrogens with zero attached hydrogens (tertiary/aromatic N) is 4. The fourth-order valence-corrected chi connectivity index (χ4v) is 3.12. The average molecular weight is 332 g/mol. The predicted molar refractivity (Wildman–Crippen MR) is 70.4 cm³/mol. The molecule has 0 aromatic carbocycles. The van der Waals surface area contributed by atoms with E-state index in [1.807, 2.05) is 4.90 Å². The van der Waals surface area contributed by atoms with Crippen molar-refractivity contribution < 1.29 is 23.1 Å². The minimum Gasteiger partial charge on any atom is -0.477 e. The summed E-state index contributed by atoms with van der Waals surface area (Å²) in [5.74, 6) is -1.68. The topological polar surface area (TPSA) is 71.2 Å². The van der Waals surface area contributed by atoms with Gasteiger partial charge in [0.15, 0.2) is 0 Å². The molecule has 1 aliphatic heterocycles. The number of rotatable bonds is 3. The minimum absolute atomic E-state index is 0.160. The van der Waals surface area contributed by atoms with Crippen LogP contribution in [0.4, 0.5) is 13.2 Å². The quantitative estimate of drug-likeness (QED) is 0.932. The highest BCUT2D eigenvalue weighted by molar-refractivity contribution is 7.12. The summed E-state index contributed by atoms with van der Waals surface area (Å²) in [5, 5.41) is 17.5. The summed E-state index contributed by atoms with van der Waals surface area (Å²) in [5.41, 5.74) is 0.825. The molecule has 0 bridgehead atoms. The Morgan fingerprint density at radius 1 is 1.36 bits per heavy atom. The standard InChI is InChI=1S/C12H11F3N4O2S/c13-12(14,15)11-17-16-9-5-18(1-2-19(9)11)4-7-3-8(10(20)21)22-6-7/h3,6H,1-2,4-5H2,(H,20,21). The second kappa shape index (κ2) is 5.36. The van der Waals surface area contributed by atoms with Gasteiger partial charge in [-0.05, 0) is 17.0 Å². The summed E-state index contributed by atoms with van der Waals surface area (Å²) >= 11 is 1.13. The van der Waals surface area contributed by atoms with Gasteiger partial charge in [0.1, 0.15) is 10.7 Å². The highest BCUT2D eigenvalue weighted by atomic mass is 32.1. The number of hydrogen-bond acceptors (Lipinski definition) is 5. The van der Waals surface area contributed by atoms with Gasteiger partial charge in [0.25, 0.3) is 0 Å². The van der Waals surface area contributed by atoms with Crippen molar-refractivity contribution in [2.24, 2.45) is 0 Å². The van der Waals surface area contributed by atoms with Gasteiger partial charge in [-0.3, -0.25) is 4.90 Å². The van der Waals surface area contributed by atoms with Crippen molar-refractivity contribution in [1.29, 1.82) is 0 Å². The number of fused-ring (bicyclic) bond motifs is 1. The number of halogens is 3. The molecule has 0 amide bonds. The summed E-state index contributed by atoms with van der Waals surface area (Å²) in [6.45, 7) is 1.30. The van der Waals surface area contributed by atoms with E-state index in [-0.39, 0.29) is 23.8 Å². The molecule has 3 heterocycles. The van der Waals surface area contributed by atoms with Crippen LogP contribution in [0.5, 0.6) is 0 Å². The minimum atomic E-state index is -4.50. The third-order valence-electron chi connectivity index (χ3n) is 3.36.